The van der Waals surface area contributed by atoms with Crippen LogP contribution in [0.5, 0.6) is 0 Å². The minimum absolute atomic E-state index is 0. The van der Waals surface area contributed by atoms with Crippen LogP contribution in [0.3, 0.4) is 0 Å². The van der Waals surface area contributed by atoms with E-state index in [-0.39, 0.29) is 12.4 Å². The molecule has 0 bridgehead atoms. The predicted octanol–water partition coefficient (Wildman–Crippen LogP) is 2.66. The molecule has 0 aliphatic heterocycles. The van der Waals surface area contributed by atoms with Crippen LogP contribution >= 0.6 is 12.4 Å². The Kier molecular flexibility index (Phi) is 7.27. The lowest BCUT2D eigenvalue weighted by Gasteiger charge is -2.25. The summed E-state index contributed by atoms with van der Waals surface area (Å²) >= 11 is 0. The first-order valence-corrected chi connectivity index (χ1v) is 6.68. The molecule has 21 heavy (non-hydrogen) atoms. The van der Waals surface area contributed by atoms with Crippen LogP contribution in [0.25, 0.3) is 0 Å². The SMILES string of the molecule is CCc1ccc(C(C)(C)C(=O)NCC(F)(F)CN)cc1.Cl. The van der Waals surface area contributed by atoms with Gasteiger partial charge in [-0.05, 0) is 31.4 Å². The Morgan fingerprint density at radius 1 is 1.24 bits per heavy atom. The highest BCUT2D eigenvalue weighted by Crippen LogP contribution is 2.24. The zero-order chi connectivity index (χ0) is 15.4. The van der Waals surface area contributed by atoms with Crippen LogP contribution < -0.4 is 11.1 Å². The Hall–Kier alpha value is -1.20. The molecule has 0 unspecified atom stereocenters. The minimum Gasteiger partial charge on any atom is -0.349 e. The van der Waals surface area contributed by atoms with Crippen molar-refractivity contribution < 1.29 is 13.6 Å². The Labute approximate surface area is 130 Å². The van der Waals surface area contributed by atoms with Gasteiger partial charge in [0.1, 0.15) is 0 Å². The van der Waals surface area contributed by atoms with E-state index in [2.05, 4.69) is 5.32 Å². The van der Waals surface area contributed by atoms with Gasteiger partial charge in [0.25, 0.3) is 5.92 Å². The maximum absolute atomic E-state index is 13.1. The van der Waals surface area contributed by atoms with E-state index in [9.17, 15) is 13.6 Å². The van der Waals surface area contributed by atoms with Gasteiger partial charge >= 0.3 is 0 Å². The number of hydrogen-bond acceptors (Lipinski definition) is 2. The van der Waals surface area contributed by atoms with Crippen molar-refractivity contribution in [2.45, 2.75) is 38.5 Å². The summed E-state index contributed by atoms with van der Waals surface area (Å²) in [7, 11) is 0. The zero-order valence-corrected chi connectivity index (χ0v) is 13.4. The van der Waals surface area contributed by atoms with Crippen LogP contribution in [0.2, 0.25) is 0 Å². The molecule has 0 saturated carbocycles. The lowest BCUT2D eigenvalue weighted by molar-refractivity contribution is -0.127. The van der Waals surface area contributed by atoms with Gasteiger partial charge < -0.3 is 11.1 Å². The molecular formula is C15H23ClF2N2O. The molecule has 3 nitrogen and oxygen atoms in total. The Morgan fingerprint density at radius 3 is 2.19 bits per heavy atom. The Bertz CT molecular complexity index is 461. The van der Waals surface area contributed by atoms with E-state index in [1.165, 1.54) is 5.56 Å². The number of carbonyl (C=O) groups excluding carboxylic acids is 1. The Morgan fingerprint density at radius 2 is 1.76 bits per heavy atom. The molecule has 0 fully saturated rings. The fraction of sp³-hybridized carbons (Fsp3) is 0.533. The molecule has 1 aromatic carbocycles. The van der Waals surface area contributed by atoms with Crippen molar-refractivity contribution in [1.82, 2.24) is 5.32 Å². The second-order valence-electron chi connectivity index (χ2n) is 5.42. The van der Waals surface area contributed by atoms with Crippen molar-refractivity contribution in [3.05, 3.63) is 35.4 Å². The van der Waals surface area contributed by atoms with Gasteiger partial charge in [-0.3, -0.25) is 4.79 Å². The second-order valence-corrected chi connectivity index (χ2v) is 5.42. The van der Waals surface area contributed by atoms with Crippen molar-refractivity contribution in [2.24, 2.45) is 5.73 Å². The first kappa shape index (κ1) is 19.8. The number of halogens is 3. The fourth-order valence-electron chi connectivity index (χ4n) is 1.79. The molecule has 0 saturated heterocycles. The van der Waals surface area contributed by atoms with E-state index in [1.807, 2.05) is 31.2 Å². The molecule has 0 atom stereocenters. The number of nitrogens with two attached hydrogens (primary N) is 1. The van der Waals surface area contributed by atoms with E-state index in [0.717, 1.165) is 12.0 Å². The largest absolute Gasteiger partial charge is 0.349 e. The topological polar surface area (TPSA) is 55.1 Å². The molecule has 0 spiro atoms. The number of hydrogen-bond donors (Lipinski definition) is 2. The quantitative estimate of drug-likeness (QED) is 0.846. The molecule has 1 aromatic rings. The van der Waals surface area contributed by atoms with E-state index < -0.39 is 30.3 Å². The van der Waals surface area contributed by atoms with E-state index in [1.54, 1.807) is 13.8 Å². The minimum atomic E-state index is -3.07. The molecular weight excluding hydrogens is 298 g/mol. The summed E-state index contributed by atoms with van der Waals surface area (Å²) in [6, 6.07) is 7.61. The van der Waals surface area contributed by atoms with Crippen molar-refractivity contribution in [2.75, 3.05) is 13.1 Å². The number of carbonyl (C=O) groups is 1. The van der Waals surface area contributed by atoms with Gasteiger partial charge in [-0.2, -0.15) is 0 Å². The number of benzene rings is 1. The van der Waals surface area contributed by atoms with Crippen molar-refractivity contribution in [3.8, 4) is 0 Å². The molecule has 0 aromatic heterocycles. The van der Waals surface area contributed by atoms with Gasteiger partial charge in [0.15, 0.2) is 0 Å². The molecule has 0 heterocycles. The molecule has 0 aliphatic rings. The predicted molar refractivity (Wildman–Crippen MR) is 83.1 cm³/mol. The summed E-state index contributed by atoms with van der Waals surface area (Å²) in [5.74, 6) is -3.51. The van der Waals surface area contributed by atoms with Crippen LogP contribution in [0.15, 0.2) is 24.3 Å². The molecule has 1 amide bonds. The van der Waals surface area contributed by atoms with Crippen LogP contribution in [0.1, 0.15) is 31.9 Å². The third-order valence-corrected chi connectivity index (χ3v) is 3.46. The van der Waals surface area contributed by atoms with Crippen LogP contribution in [0, 0.1) is 0 Å². The van der Waals surface area contributed by atoms with Gasteiger partial charge in [-0.25, -0.2) is 8.78 Å². The standard InChI is InChI=1S/C15H22F2N2O.ClH/c1-4-11-5-7-12(8-6-11)14(2,3)13(20)19-10-15(16,17)9-18;/h5-8H,4,9-10,18H2,1-3H3,(H,19,20);1H. The third-order valence-electron chi connectivity index (χ3n) is 3.46. The first-order chi connectivity index (χ1) is 9.23. The highest BCUT2D eigenvalue weighted by molar-refractivity contribution is 5.87. The van der Waals surface area contributed by atoms with Crippen LogP contribution in [-0.2, 0) is 16.6 Å². The van der Waals surface area contributed by atoms with Gasteiger partial charge in [-0.1, -0.05) is 31.2 Å². The van der Waals surface area contributed by atoms with E-state index >= 15 is 0 Å². The zero-order valence-electron chi connectivity index (χ0n) is 12.6. The third kappa shape index (κ3) is 5.25. The maximum Gasteiger partial charge on any atom is 0.277 e. The van der Waals surface area contributed by atoms with Gasteiger partial charge in [0.2, 0.25) is 5.91 Å². The number of amides is 1. The molecule has 120 valence electrons. The summed E-state index contributed by atoms with van der Waals surface area (Å²) in [5.41, 5.74) is 6.04. The van der Waals surface area contributed by atoms with Crippen molar-refractivity contribution in [3.63, 3.8) is 0 Å². The van der Waals surface area contributed by atoms with Gasteiger partial charge in [0, 0.05) is 0 Å². The summed E-state index contributed by atoms with van der Waals surface area (Å²) < 4.78 is 26.1. The smallest absolute Gasteiger partial charge is 0.277 e. The molecule has 3 N–H and O–H groups in total. The van der Waals surface area contributed by atoms with E-state index in [0.29, 0.717) is 0 Å². The average molecular weight is 321 g/mol. The maximum atomic E-state index is 13.1. The molecule has 0 aliphatic carbocycles. The average Bonchev–Trinajstić information content (AvgIpc) is 2.44. The monoisotopic (exact) mass is 320 g/mol. The second kappa shape index (κ2) is 7.71. The van der Waals surface area contributed by atoms with Gasteiger partial charge in [-0.15, -0.1) is 12.4 Å². The lowest BCUT2D eigenvalue weighted by Crippen LogP contribution is -2.47. The first-order valence-electron chi connectivity index (χ1n) is 6.68. The summed E-state index contributed by atoms with van der Waals surface area (Å²) in [4.78, 5) is 12.1. The van der Waals surface area contributed by atoms with E-state index in [4.69, 9.17) is 5.73 Å². The highest BCUT2D eigenvalue weighted by Gasteiger charge is 2.33. The fourth-order valence-corrected chi connectivity index (χ4v) is 1.79. The number of aryl methyl sites for hydroxylation is 1. The number of rotatable bonds is 6. The van der Waals surface area contributed by atoms with Crippen molar-refractivity contribution >= 4 is 18.3 Å². The van der Waals surface area contributed by atoms with Crippen LogP contribution in [0.4, 0.5) is 8.78 Å². The summed E-state index contributed by atoms with van der Waals surface area (Å²) in [6.45, 7) is 3.95. The molecule has 0 radical (unpaired) electrons. The summed E-state index contributed by atoms with van der Waals surface area (Å²) in [6.07, 6.45) is 0.912. The lowest BCUT2D eigenvalue weighted by atomic mass is 9.83. The Balaban J connectivity index is 0.00000400. The number of alkyl halides is 2. The molecule has 6 heteroatoms. The summed E-state index contributed by atoms with van der Waals surface area (Å²) in [5, 5.41) is 2.27. The van der Waals surface area contributed by atoms with Crippen molar-refractivity contribution in [1.29, 1.82) is 0 Å². The molecule has 1 rings (SSSR count). The number of nitrogens with one attached hydrogen (secondary N) is 1. The normalized spacial score (nSPS) is 11.7. The highest BCUT2D eigenvalue weighted by atomic mass is 35.5. The van der Waals surface area contributed by atoms with Gasteiger partial charge in [0.05, 0.1) is 18.5 Å². The van der Waals surface area contributed by atoms with Crippen LogP contribution in [-0.4, -0.2) is 24.9 Å².